The average molecular weight is 304 g/mol. The van der Waals surface area contributed by atoms with E-state index in [1.165, 1.54) is 32.1 Å². The normalized spacial score (nSPS) is 16.1. The summed E-state index contributed by atoms with van der Waals surface area (Å²) in [6, 6.07) is 8.56. The number of nitrogens with zero attached hydrogens (tertiary/aromatic N) is 2. The van der Waals surface area contributed by atoms with E-state index in [2.05, 4.69) is 27.1 Å². The Labute approximate surface area is 131 Å². The van der Waals surface area contributed by atoms with Gasteiger partial charge in [0.15, 0.2) is 0 Å². The van der Waals surface area contributed by atoms with Crippen LogP contribution >= 0.6 is 11.6 Å². The fourth-order valence-corrected chi connectivity index (χ4v) is 3.22. The molecule has 3 nitrogen and oxygen atoms in total. The zero-order chi connectivity index (χ0) is 14.7. The van der Waals surface area contributed by atoms with Crippen molar-refractivity contribution < 1.29 is 0 Å². The standard InChI is InChI=1S/C17H22ClN3/c1-13-11-21(12-14-7-5-6-10-16(14)18)17(19-13)20-15-8-3-2-4-9-15/h5-7,10-11,15H,2-4,8-9,12H2,1H3,(H,19,20). The second-order valence-corrected chi connectivity index (χ2v) is 6.31. The molecule has 21 heavy (non-hydrogen) atoms. The van der Waals surface area contributed by atoms with E-state index in [0.717, 1.165) is 28.8 Å². The molecule has 3 rings (SSSR count). The number of anilines is 1. The molecule has 0 spiro atoms. The molecular weight excluding hydrogens is 282 g/mol. The number of aryl methyl sites for hydroxylation is 1. The van der Waals surface area contributed by atoms with Gasteiger partial charge in [0, 0.05) is 17.3 Å². The summed E-state index contributed by atoms with van der Waals surface area (Å²) >= 11 is 6.27. The van der Waals surface area contributed by atoms with Gasteiger partial charge >= 0.3 is 0 Å². The van der Waals surface area contributed by atoms with Crippen LogP contribution < -0.4 is 5.32 Å². The van der Waals surface area contributed by atoms with Gasteiger partial charge in [-0.2, -0.15) is 0 Å². The summed E-state index contributed by atoms with van der Waals surface area (Å²) in [7, 11) is 0. The van der Waals surface area contributed by atoms with Gasteiger partial charge in [-0.25, -0.2) is 4.98 Å². The number of hydrogen-bond donors (Lipinski definition) is 1. The van der Waals surface area contributed by atoms with Gasteiger partial charge in [-0.05, 0) is 31.4 Å². The molecule has 0 amide bonds. The topological polar surface area (TPSA) is 29.9 Å². The predicted octanol–water partition coefficient (Wildman–Crippen LogP) is 4.64. The van der Waals surface area contributed by atoms with Crippen LogP contribution in [0.15, 0.2) is 30.5 Å². The number of imidazole rings is 1. The first kappa shape index (κ1) is 14.5. The summed E-state index contributed by atoms with van der Waals surface area (Å²) in [6.45, 7) is 2.80. The van der Waals surface area contributed by atoms with Gasteiger partial charge in [-0.15, -0.1) is 0 Å². The summed E-state index contributed by atoms with van der Waals surface area (Å²) in [6.07, 6.45) is 8.60. The van der Waals surface area contributed by atoms with Gasteiger partial charge in [0.25, 0.3) is 0 Å². The van der Waals surface area contributed by atoms with Gasteiger partial charge < -0.3 is 9.88 Å². The Morgan fingerprint density at radius 2 is 2.00 bits per heavy atom. The van der Waals surface area contributed by atoms with Gasteiger partial charge in [-0.1, -0.05) is 49.1 Å². The van der Waals surface area contributed by atoms with Crippen molar-refractivity contribution in [2.45, 2.75) is 51.6 Å². The maximum absolute atomic E-state index is 6.27. The number of nitrogens with one attached hydrogen (secondary N) is 1. The largest absolute Gasteiger partial charge is 0.353 e. The summed E-state index contributed by atoms with van der Waals surface area (Å²) in [4.78, 5) is 4.64. The molecular formula is C17H22ClN3. The number of aromatic nitrogens is 2. The highest BCUT2D eigenvalue weighted by atomic mass is 35.5. The molecule has 1 aromatic carbocycles. The van der Waals surface area contributed by atoms with E-state index in [1.54, 1.807) is 0 Å². The summed E-state index contributed by atoms with van der Waals surface area (Å²) in [5.74, 6) is 0.972. The van der Waals surface area contributed by atoms with Gasteiger partial charge in [-0.3, -0.25) is 0 Å². The fraction of sp³-hybridized carbons (Fsp3) is 0.471. The maximum atomic E-state index is 6.27. The number of benzene rings is 1. The van der Waals surface area contributed by atoms with Crippen molar-refractivity contribution in [3.05, 3.63) is 46.7 Å². The Hall–Kier alpha value is -1.48. The zero-order valence-corrected chi connectivity index (χ0v) is 13.2. The SMILES string of the molecule is Cc1cn(Cc2ccccc2Cl)c(NC2CCCCC2)n1. The lowest BCUT2D eigenvalue weighted by molar-refractivity contribution is 0.459. The first-order chi connectivity index (χ1) is 10.2. The highest BCUT2D eigenvalue weighted by Crippen LogP contribution is 2.23. The molecule has 0 atom stereocenters. The first-order valence-electron chi connectivity index (χ1n) is 7.76. The van der Waals surface area contributed by atoms with Crippen LogP contribution in [0.3, 0.4) is 0 Å². The third-order valence-electron chi connectivity index (χ3n) is 4.13. The van der Waals surface area contributed by atoms with Crippen molar-refractivity contribution in [1.82, 2.24) is 9.55 Å². The Morgan fingerprint density at radius 3 is 2.76 bits per heavy atom. The van der Waals surface area contributed by atoms with Crippen LogP contribution in [0.5, 0.6) is 0 Å². The molecule has 0 saturated heterocycles. The minimum absolute atomic E-state index is 0.561. The first-order valence-corrected chi connectivity index (χ1v) is 8.14. The molecule has 112 valence electrons. The van der Waals surface area contributed by atoms with Crippen molar-refractivity contribution >= 4 is 17.5 Å². The summed E-state index contributed by atoms with van der Waals surface area (Å²) in [5, 5.41) is 4.43. The van der Waals surface area contributed by atoms with E-state index < -0.39 is 0 Å². The summed E-state index contributed by atoms with van der Waals surface area (Å²) < 4.78 is 2.17. The Balaban J connectivity index is 1.77. The van der Waals surface area contributed by atoms with Gasteiger partial charge in [0.1, 0.15) is 0 Å². The van der Waals surface area contributed by atoms with Gasteiger partial charge in [0.05, 0.1) is 12.2 Å². The quantitative estimate of drug-likeness (QED) is 0.892. The van der Waals surface area contributed by atoms with E-state index >= 15 is 0 Å². The molecule has 0 radical (unpaired) electrons. The molecule has 1 aromatic heterocycles. The number of hydrogen-bond acceptors (Lipinski definition) is 2. The molecule has 1 saturated carbocycles. The second kappa shape index (κ2) is 6.52. The van der Waals surface area contributed by atoms with E-state index in [9.17, 15) is 0 Å². The molecule has 1 fully saturated rings. The molecule has 1 aliphatic rings. The van der Waals surface area contributed by atoms with E-state index in [4.69, 9.17) is 11.6 Å². The van der Waals surface area contributed by atoms with Crippen molar-refractivity contribution in [3.8, 4) is 0 Å². The van der Waals surface area contributed by atoms with E-state index in [1.807, 2.05) is 25.1 Å². The highest BCUT2D eigenvalue weighted by molar-refractivity contribution is 6.31. The van der Waals surface area contributed by atoms with Crippen LogP contribution in [0, 0.1) is 6.92 Å². The highest BCUT2D eigenvalue weighted by Gasteiger charge is 2.16. The lowest BCUT2D eigenvalue weighted by atomic mass is 9.96. The van der Waals surface area contributed by atoms with E-state index in [-0.39, 0.29) is 0 Å². The third kappa shape index (κ3) is 3.59. The lowest BCUT2D eigenvalue weighted by Gasteiger charge is -2.23. The molecule has 1 aliphatic carbocycles. The Morgan fingerprint density at radius 1 is 1.24 bits per heavy atom. The Bertz CT molecular complexity index is 600. The van der Waals surface area contributed by atoms with Crippen LogP contribution in [0.25, 0.3) is 0 Å². The third-order valence-corrected chi connectivity index (χ3v) is 4.50. The molecule has 0 bridgehead atoms. The molecule has 2 aromatic rings. The van der Waals surface area contributed by atoms with Gasteiger partial charge in [0.2, 0.25) is 5.95 Å². The van der Waals surface area contributed by atoms with Crippen molar-refractivity contribution in [2.75, 3.05) is 5.32 Å². The zero-order valence-electron chi connectivity index (χ0n) is 12.5. The Kier molecular flexibility index (Phi) is 4.49. The number of rotatable bonds is 4. The molecule has 1 N–H and O–H groups in total. The van der Waals surface area contributed by atoms with Crippen molar-refractivity contribution in [2.24, 2.45) is 0 Å². The molecule has 0 aliphatic heterocycles. The molecule has 4 heteroatoms. The van der Waals surface area contributed by atoms with E-state index in [0.29, 0.717) is 6.04 Å². The second-order valence-electron chi connectivity index (χ2n) is 5.90. The average Bonchev–Trinajstić information content (AvgIpc) is 2.82. The smallest absolute Gasteiger partial charge is 0.203 e. The van der Waals surface area contributed by atoms with Crippen molar-refractivity contribution in [3.63, 3.8) is 0 Å². The predicted molar refractivity (Wildman–Crippen MR) is 88.0 cm³/mol. The fourth-order valence-electron chi connectivity index (χ4n) is 3.02. The van der Waals surface area contributed by atoms with Crippen LogP contribution in [0.4, 0.5) is 5.95 Å². The van der Waals surface area contributed by atoms with Crippen LogP contribution in [-0.4, -0.2) is 15.6 Å². The maximum Gasteiger partial charge on any atom is 0.203 e. The monoisotopic (exact) mass is 303 g/mol. The van der Waals surface area contributed by atoms with Crippen molar-refractivity contribution in [1.29, 1.82) is 0 Å². The minimum Gasteiger partial charge on any atom is -0.353 e. The summed E-state index contributed by atoms with van der Waals surface area (Å²) in [5.41, 5.74) is 2.17. The van der Waals surface area contributed by atoms with Crippen LogP contribution in [-0.2, 0) is 6.54 Å². The molecule has 0 unspecified atom stereocenters. The minimum atomic E-state index is 0.561. The van der Waals surface area contributed by atoms with Crippen LogP contribution in [0.1, 0.15) is 43.4 Å². The number of halogens is 1. The lowest BCUT2D eigenvalue weighted by Crippen LogP contribution is -2.24. The molecule has 1 heterocycles. The van der Waals surface area contributed by atoms with Crippen LogP contribution in [0.2, 0.25) is 5.02 Å².